The lowest BCUT2D eigenvalue weighted by molar-refractivity contribution is 0.247. The zero-order valence-corrected chi connectivity index (χ0v) is 14.9. The number of rotatable bonds is 6. The Morgan fingerprint density at radius 3 is 2.62 bits per heavy atom. The van der Waals surface area contributed by atoms with Crippen LogP contribution >= 0.6 is 0 Å². The van der Waals surface area contributed by atoms with Crippen molar-refractivity contribution in [2.75, 3.05) is 37.5 Å². The van der Waals surface area contributed by atoms with Gasteiger partial charge in [0.2, 0.25) is 0 Å². The molecule has 0 bridgehead atoms. The Morgan fingerprint density at radius 2 is 1.85 bits per heavy atom. The van der Waals surface area contributed by atoms with Crippen LogP contribution < -0.4 is 20.3 Å². The van der Waals surface area contributed by atoms with E-state index in [9.17, 15) is 4.79 Å². The van der Waals surface area contributed by atoms with E-state index in [4.69, 9.17) is 4.74 Å². The summed E-state index contributed by atoms with van der Waals surface area (Å²) in [6.45, 7) is 0.757. The molecule has 0 aliphatic heterocycles. The van der Waals surface area contributed by atoms with Crippen molar-refractivity contribution in [1.82, 2.24) is 10.3 Å². The first-order chi connectivity index (χ1) is 12.6. The van der Waals surface area contributed by atoms with Crippen molar-refractivity contribution in [1.29, 1.82) is 0 Å². The van der Waals surface area contributed by atoms with Gasteiger partial charge in [0.25, 0.3) is 0 Å². The first kappa shape index (κ1) is 17.5. The number of urea groups is 1. The van der Waals surface area contributed by atoms with Crippen molar-refractivity contribution < 1.29 is 9.53 Å². The van der Waals surface area contributed by atoms with Gasteiger partial charge in [0.15, 0.2) is 0 Å². The number of aromatic nitrogens is 1. The molecule has 6 nitrogen and oxygen atoms in total. The van der Waals surface area contributed by atoms with E-state index in [2.05, 4.69) is 15.6 Å². The average molecular weight is 350 g/mol. The first-order valence-corrected chi connectivity index (χ1v) is 8.42. The van der Waals surface area contributed by atoms with E-state index in [1.807, 2.05) is 73.6 Å². The quantitative estimate of drug-likeness (QED) is 0.668. The van der Waals surface area contributed by atoms with Crippen LogP contribution in [0.3, 0.4) is 0 Å². The number of amides is 2. The lowest BCUT2D eigenvalue weighted by atomic mass is 10.2. The van der Waals surface area contributed by atoms with E-state index in [1.165, 1.54) is 0 Å². The van der Waals surface area contributed by atoms with Crippen LogP contribution in [-0.2, 0) is 0 Å². The highest BCUT2D eigenvalue weighted by Crippen LogP contribution is 2.22. The number of hydrogen-bond donors (Lipinski definition) is 2. The molecule has 3 aromatic rings. The molecule has 0 aliphatic rings. The summed E-state index contributed by atoms with van der Waals surface area (Å²) in [7, 11) is 3.95. The third-order valence-electron chi connectivity index (χ3n) is 3.88. The zero-order valence-electron chi connectivity index (χ0n) is 14.9. The third-order valence-corrected chi connectivity index (χ3v) is 3.88. The minimum atomic E-state index is -0.262. The molecular formula is C20H22N4O2. The Kier molecular flexibility index (Phi) is 5.53. The number of ether oxygens (including phenoxy) is 1. The van der Waals surface area contributed by atoms with Crippen LogP contribution in [0.15, 0.2) is 60.8 Å². The van der Waals surface area contributed by atoms with Crippen LogP contribution in [0.1, 0.15) is 0 Å². The molecule has 0 spiro atoms. The highest BCUT2D eigenvalue weighted by Gasteiger charge is 2.04. The average Bonchev–Trinajstić information content (AvgIpc) is 2.66. The number of benzene rings is 2. The standard InChI is InChI=1S/C20H22N4O2/c1-24(2)17-10-8-16(9-11-17)23-20(25)22-13-14-26-18-7-3-5-15-6-4-12-21-19(15)18/h3-12H,13-14H2,1-2H3,(H2,22,23,25). The lowest BCUT2D eigenvalue weighted by Crippen LogP contribution is -2.32. The summed E-state index contributed by atoms with van der Waals surface area (Å²) in [5.74, 6) is 0.713. The number of carbonyl (C=O) groups excluding carboxylic acids is 1. The molecular weight excluding hydrogens is 328 g/mol. The SMILES string of the molecule is CN(C)c1ccc(NC(=O)NCCOc2cccc3cccnc23)cc1. The predicted octanol–water partition coefficient (Wildman–Crippen LogP) is 3.50. The number of nitrogens with one attached hydrogen (secondary N) is 2. The molecule has 1 heterocycles. The van der Waals surface area contributed by atoms with E-state index in [1.54, 1.807) is 6.20 Å². The molecule has 3 rings (SSSR count). The van der Waals surface area contributed by atoms with Crippen LogP contribution in [0.25, 0.3) is 10.9 Å². The first-order valence-electron chi connectivity index (χ1n) is 8.42. The molecule has 26 heavy (non-hydrogen) atoms. The Hall–Kier alpha value is -3.28. The molecule has 6 heteroatoms. The third kappa shape index (κ3) is 4.42. The highest BCUT2D eigenvalue weighted by molar-refractivity contribution is 5.89. The van der Waals surface area contributed by atoms with Crippen molar-refractivity contribution in [3.63, 3.8) is 0 Å². The molecule has 2 N–H and O–H groups in total. The number of anilines is 2. The number of nitrogens with zero attached hydrogens (tertiary/aromatic N) is 2. The van der Waals surface area contributed by atoms with Gasteiger partial charge in [0.1, 0.15) is 17.9 Å². The molecule has 0 radical (unpaired) electrons. The summed E-state index contributed by atoms with van der Waals surface area (Å²) in [5.41, 5.74) is 2.64. The maximum Gasteiger partial charge on any atom is 0.319 e. The summed E-state index contributed by atoms with van der Waals surface area (Å²) in [5, 5.41) is 6.61. The second-order valence-corrected chi connectivity index (χ2v) is 6.00. The second-order valence-electron chi connectivity index (χ2n) is 6.00. The maximum atomic E-state index is 12.0. The fourth-order valence-electron chi connectivity index (χ4n) is 2.54. The van der Waals surface area contributed by atoms with Crippen molar-refractivity contribution in [2.24, 2.45) is 0 Å². The summed E-state index contributed by atoms with van der Waals surface area (Å²) < 4.78 is 5.75. The molecule has 0 atom stereocenters. The van der Waals surface area contributed by atoms with Crippen molar-refractivity contribution in [3.05, 3.63) is 60.8 Å². The number of hydrogen-bond acceptors (Lipinski definition) is 4. The molecule has 0 saturated heterocycles. The largest absolute Gasteiger partial charge is 0.489 e. The fourth-order valence-corrected chi connectivity index (χ4v) is 2.54. The minimum Gasteiger partial charge on any atom is -0.489 e. The van der Waals surface area contributed by atoms with Crippen molar-refractivity contribution >= 4 is 28.3 Å². The van der Waals surface area contributed by atoms with Gasteiger partial charge >= 0.3 is 6.03 Å². The molecule has 0 aliphatic carbocycles. The minimum absolute atomic E-state index is 0.262. The van der Waals surface area contributed by atoms with Gasteiger partial charge in [-0.15, -0.1) is 0 Å². The number of para-hydroxylation sites is 1. The van der Waals surface area contributed by atoms with E-state index >= 15 is 0 Å². The van der Waals surface area contributed by atoms with Gasteiger partial charge in [-0.2, -0.15) is 0 Å². The molecule has 1 aromatic heterocycles. The Bertz CT molecular complexity index is 873. The lowest BCUT2D eigenvalue weighted by Gasteiger charge is -2.13. The van der Waals surface area contributed by atoms with E-state index in [0.717, 1.165) is 22.3 Å². The predicted molar refractivity (Wildman–Crippen MR) is 105 cm³/mol. The highest BCUT2D eigenvalue weighted by atomic mass is 16.5. The Labute approximate surface area is 152 Å². The van der Waals surface area contributed by atoms with Crippen LogP contribution in [0.2, 0.25) is 0 Å². The summed E-state index contributed by atoms with van der Waals surface area (Å²) in [6.07, 6.45) is 1.74. The number of carbonyl (C=O) groups is 1. The molecule has 2 amide bonds. The van der Waals surface area contributed by atoms with E-state index in [-0.39, 0.29) is 6.03 Å². The van der Waals surface area contributed by atoms with E-state index < -0.39 is 0 Å². The van der Waals surface area contributed by atoms with Gasteiger partial charge in [0.05, 0.1) is 6.54 Å². The smallest absolute Gasteiger partial charge is 0.319 e. The van der Waals surface area contributed by atoms with Gasteiger partial charge in [-0.25, -0.2) is 4.79 Å². The molecule has 0 fully saturated rings. The molecule has 0 saturated carbocycles. The van der Waals surface area contributed by atoms with Gasteiger partial charge in [-0.3, -0.25) is 4.98 Å². The summed E-state index contributed by atoms with van der Waals surface area (Å²) >= 11 is 0. The number of pyridine rings is 1. The van der Waals surface area contributed by atoms with Crippen LogP contribution in [0, 0.1) is 0 Å². The van der Waals surface area contributed by atoms with Crippen LogP contribution in [0.5, 0.6) is 5.75 Å². The van der Waals surface area contributed by atoms with Gasteiger partial charge in [-0.05, 0) is 36.4 Å². The summed E-state index contributed by atoms with van der Waals surface area (Å²) in [6, 6.07) is 17.0. The second kappa shape index (κ2) is 8.20. The molecule has 0 unspecified atom stereocenters. The Morgan fingerprint density at radius 1 is 1.08 bits per heavy atom. The van der Waals surface area contributed by atoms with Gasteiger partial charge < -0.3 is 20.3 Å². The Balaban J connectivity index is 1.46. The molecule has 134 valence electrons. The van der Waals surface area contributed by atoms with Crippen molar-refractivity contribution in [3.8, 4) is 5.75 Å². The van der Waals surface area contributed by atoms with Crippen LogP contribution in [-0.4, -0.2) is 38.3 Å². The van der Waals surface area contributed by atoms with Crippen molar-refractivity contribution in [2.45, 2.75) is 0 Å². The topological polar surface area (TPSA) is 66.5 Å². The van der Waals surface area contributed by atoms with Crippen LogP contribution in [0.4, 0.5) is 16.2 Å². The van der Waals surface area contributed by atoms with Gasteiger partial charge in [-0.1, -0.05) is 18.2 Å². The van der Waals surface area contributed by atoms with E-state index in [0.29, 0.717) is 18.9 Å². The normalized spacial score (nSPS) is 10.4. The molecule has 2 aromatic carbocycles. The summed E-state index contributed by atoms with van der Waals surface area (Å²) in [4.78, 5) is 18.3. The number of fused-ring (bicyclic) bond motifs is 1. The van der Waals surface area contributed by atoms with Gasteiger partial charge in [0, 0.05) is 37.1 Å². The zero-order chi connectivity index (χ0) is 18.4. The monoisotopic (exact) mass is 350 g/mol. The fraction of sp³-hybridized carbons (Fsp3) is 0.200. The maximum absolute atomic E-state index is 12.0.